The molecule has 36 heavy (non-hydrogen) atoms. The number of aliphatic carboxylic acids is 1. The smallest absolute Gasteiger partial charge is 0.339 e. The molecule has 2 unspecified atom stereocenters. The van der Waals surface area contributed by atoms with Gasteiger partial charge in [0.25, 0.3) is 0 Å². The van der Waals surface area contributed by atoms with Crippen molar-refractivity contribution in [3.63, 3.8) is 0 Å². The van der Waals surface area contributed by atoms with Crippen LogP contribution in [0.25, 0.3) is 0 Å². The van der Waals surface area contributed by atoms with E-state index in [1.54, 1.807) is 0 Å². The molecule has 2 aliphatic rings. The second-order valence-electron chi connectivity index (χ2n) is 7.47. The summed E-state index contributed by atoms with van der Waals surface area (Å²) in [6, 6.07) is -3.60. The van der Waals surface area contributed by atoms with Gasteiger partial charge in [0.1, 0.15) is 31.9 Å². The van der Waals surface area contributed by atoms with Gasteiger partial charge in [-0.1, -0.05) is 0 Å². The molecule has 0 spiro atoms. The van der Waals surface area contributed by atoms with E-state index in [4.69, 9.17) is 14.6 Å². The maximum absolute atomic E-state index is 12.5. The van der Waals surface area contributed by atoms with Crippen molar-refractivity contribution in [2.75, 3.05) is 19.8 Å². The number of hydrogen-bond acceptors (Lipinski definition) is 14. The fraction of sp³-hybridized carbons (Fsp3) is 0.550. The van der Waals surface area contributed by atoms with Crippen LogP contribution in [0.2, 0.25) is 0 Å². The predicted octanol–water partition coefficient (Wildman–Crippen LogP) is -4.30. The Kier molecular flexibility index (Phi) is 9.72. The summed E-state index contributed by atoms with van der Waals surface area (Å²) in [6.45, 7) is -2.52. The molecule has 0 radical (unpaired) electrons. The number of carbonyl (C=O) groups is 9. The van der Waals surface area contributed by atoms with Gasteiger partial charge in [0, 0.05) is 38.1 Å². The molecule has 0 saturated carbocycles. The molecule has 16 nitrogen and oxygen atoms in total. The maximum atomic E-state index is 12.5. The minimum Gasteiger partial charge on any atom is -0.550 e. The zero-order chi connectivity index (χ0) is 27.0. The highest BCUT2D eigenvalue weighted by atomic mass is 16.6. The standard InChI is InChI=1S/C20H22N2O14/c23-9-18(31)36-17(30)8-11(22-14(26)3-4-15(22)27)20(33)35-6-5-34-19(32)10(7-16(28)29)21-12(24)1-2-13(21)25/h10-11,23H,1-9H2,(H,28,29)/p-1. The molecule has 2 saturated heterocycles. The Morgan fingerprint density at radius 1 is 0.722 bits per heavy atom. The molecule has 1 N–H and O–H groups in total. The van der Waals surface area contributed by atoms with E-state index in [9.17, 15) is 48.3 Å². The first-order valence-corrected chi connectivity index (χ1v) is 10.5. The number of aliphatic hydroxyl groups excluding tert-OH is 1. The fourth-order valence-electron chi connectivity index (χ4n) is 3.44. The van der Waals surface area contributed by atoms with Crippen LogP contribution in [-0.4, -0.2) is 100 Å². The number of carboxylic acids is 1. The molecule has 2 atom stereocenters. The summed E-state index contributed by atoms with van der Waals surface area (Å²) in [5.74, 6) is -10.1. The number of nitrogens with zero attached hydrogens (tertiary/aromatic N) is 2. The average molecular weight is 513 g/mol. The van der Waals surface area contributed by atoms with E-state index in [-0.39, 0.29) is 25.7 Å². The molecule has 0 aliphatic carbocycles. The summed E-state index contributed by atoms with van der Waals surface area (Å²) in [7, 11) is 0. The number of rotatable bonds is 12. The topological polar surface area (TPSA) is 231 Å². The van der Waals surface area contributed by atoms with Crippen molar-refractivity contribution in [3.8, 4) is 0 Å². The zero-order valence-electron chi connectivity index (χ0n) is 18.7. The van der Waals surface area contributed by atoms with E-state index in [1.165, 1.54) is 0 Å². The fourth-order valence-corrected chi connectivity index (χ4v) is 3.44. The van der Waals surface area contributed by atoms with E-state index < -0.39 is 98.2 Å². The van der Waals surface area contributed by atoms with Gasteiger partial charge in [-0.3, -0.25) is 33.8 Å². The third kappa shape index (κ3) is 7.14. The molecule has 0 aromatic rings. The summed E-state index contributed by atoms with van der Waals surface area (Å²) in [6.07, 6.45) is -2.89. The SMILES string of the molecule is O=C([O-])CC(C(=O)OCCOC(=O)C(CC(=O)OC(=O)CO)N1C(=O)CCC1=O)N1C(=O)CCC1=O. The highest BCUT2D eigenvalue weighted by Gasteiger charge is 2.42. The van der Waals surface area contributed by atoms with Crippen molar-refractivity contribution in [1.82, 2.24) is 9.80 Å². The lowest BCUT2D eigenvalue weighted by Gasteiger charge is -2.25. The third-order valence-electron chi connectivity index (χ3n) is 5.00. The van der Waals surface area contributed by atoms with Crippen molar-refractivity contribution in [3.05, 3.63) is 0 Å². The van der Waals surface area contributed by atoms with Gasteiger partial charge in [0.05, 0.1) is 6.42 Å². The maximum Gasteiger partial charge on any atom is 0.339 e. The highest BCUT2D eigenvalue weighted by Crippen LogP contribution is 2.20. The van der Waals surface area contributed by atoms with E-state index in [1.807, 2.05) is 0 Å². The lowest BCUT2D eigenvalue weighted by molar-refractivity contribution is -0.306. The summed E-state index contributed by atoms with van der Waals surface area (Å²) in [5, 5.41) is 19.6. The molecule has 2 aliphatic heterocycles. The summed E-state index contributed by atoms with van der Waals surface area (Å²) >= 11 is 0. The molecular formula is C20H21N2O14-. The van der Waals surface area contributed by atoms with Crippen LogP contribution in [-0.2, 0) is 57.4 Å². The van der Waals surface area contributed by atoms with Crippen molar-refractivity contribution < 1.29 is 67.6 Å². The van der Waals surface area contributed by atoms with Crippen LogP contribution in [0.4, 0.5) is 0 Å². The molecular weight excluding hydrogens is 492 g/mol. The molecule has 196 valence electrons. The molecule has 0 aromatic carbocycles. The highest BCUT2D eigenvalue weighted by molar-refractivity contribution is 6.06. The molecule has 2 fully saturated rings. The van der Waals surface area contributed by atoms with Gasteiger partial charge >= 0.3 is 23.9 Å². The van der Waals surface area contributed by atoms with Gasteiger partial charge in [-0.2, -0.15) is 0 Å². The number of esters is 4. The number of hydrogen-bond donors (Lipinski definition) is 1. The predicted molar refractivity (Wildman–Crippen MR) is 104 cm³/mol. The van der Waals surface area contributed by atoms with Crippen LogP contribution in [0.5, 0.6) is 0 Å². The van der Waals surface area contributed by atoms with Gasteiger partial charge in [0.15, 0.2) is 0 Å². The Morgan fingerprint density at radius 3 is 1.47 bits per heavy atom. The first-order valence-electron chi connectivity index (χ1n) is 10.5. The van der Waals surface area contributed by atoms with Crippen molar-refractivity contribution >= 4 is 53.5 Å². The summed E-state index contributed by atoms with van der Waals surface area (Å²) < 4.78 is 13.9. The van der Waals surface area contributed by atoms with Gasteiger partial charge in [-0.05, 0) is 0 Å². The number of carbonyl (C=O) groups excluding carboxylic acids is 9. The number of carboxylic acid groups (broad SMARTS) is 1. The van der Waals surface area contributed by atoms with Gasteiger partial charge in [0.2, 0.25) is 23.6 Å². The quantitative estimate of drug-likeness (QED) is 0.0855. The van der Waals surface area contributed by atoms with E-state index in [0.717, 1.165) is 0 Å². The van der Waals surface area contributed by atoms with Gasteiger partial charge in [-0.15, -0.1) is 0 Å². The number of aliphatic hydroxyl groups is 1. The van der Waals surface area contributed by atoms with E-state index >= 15 is 0 Å². The molecule has 2 heterocycles. The van der Waals surface area contributed by atoms with E-state index in [2.05, 4.69) is 4.74 Å². The first kappa shape index (κ1) is 28.0. The largest absolute Gasteiger partial charge is 0.550 e. The molecule has 0 aromatic heterocycles. The molecule has 2 rings (SSSR count). The Morgan fingerprint density at radius 2 is 1.11 bits per heavy atom. The average Bonchev–Trinajstić information content (AvgIpc) is 3.32. The Hall–Kier alpha value is -4.21. The number of imide groups is 2. The summed E-state index contributed by atoms with van der Waals surface area (Å²) in [4.78, 5) is 107. The van der Waals surface area contributed by atoms with E-state index in [0.29, 0.717) is 9.80 Å². The van der Waals surface area contributed by atoms with Crippen molar-refractivity contribution in [2.45, 2.75) is 50.6 Å². The molecule has 4 amide bonds. The van der Waals surface area contributed by atoms with Crippen LogP contribution in [0.15, 0.2) is 0 Å². The Labute approximate surface area is 202 Å². The Balaban J connectivity index is 1.99. The van der Waals surface area contributed by atoms with Crippen LogP contribution in [0.3, 0.4) is 0 Å². The minimum atomic E-state index is -1.81. The molecule has 16 heteroatoms. The second-order valence-corrected chi connectivity index (χ2v) is 7.47. The lowest BCUT2D eigenvalue weighted by Crippen LogP contribution is -2.48. The van der Waals surface area contributed by atoms with Crippen LogP contribution in [0.1, 0.15) is 38.5 Å². The summed E-state index contributed by atoms with van der Waals surface area (Å²) in [5.41, 5.74) is 0. The van der Waals surface area contributed by atoms with Crippen LogP contribution < -0.4 is 5.11 Å². The van der Waals surface area contributed by atoms with Crippen molar-refractivity contribution in [1.29, 1.82) is 0 Å². The van der Waals surface area contributed by atoms with Crippen molar-refractivity contribution in [2.24, 2.45) is 0 Å². The first-order chi connectivity index (χ1) is 17.0. The lowest BCUT2D eigenvalue weighted by atomic mass is 10.2. The van der Waals surface area contributed by atoms with Gasteiger partial charge in [-0.25, -0.2) is 14.4 Å². The third-order valence-corrected chi connectivity index (χ3v) is 5.00. The van der Waals surface area contributed by atoms with Crippen LogP contribution >= 0.6 is 0 Å². The monoisotopic (exact) mass is 513 g/mol. The normalized spacial score (nSPS) is 17.1. The van der Waals surface area contributed by atoms with Gasteiger partial charge < -0.3 is 29.2 Å². The van der Waals surface area contributed by atoms with Crippen LogP contribution in [0, 0.1) is 0 Å². The zero-order valence-corrected chi connectivity index (χ0v) is 18.7. The molecule has 0 bridgehead atoms. The number of amides is 4. The number of ether oxygens (including phenoxy) is 3. The Bertz CT molecular complexity index is 957. The second kappa shape index (κ2) is 12.5. The number of likely N-dealkylation sites (tertiary alicyclic amines) is 2. The minimum absolute atomic E-state index is 0.213.